The molecule has 1 aliphatic carbocycles. The van der Waals surface area contributed by atoms with Gasteiger partial charge < -0.3 is 14.5 Å². The van der Waals surface area contributed by atoms with Gasteiger partial charge in [0, 0.05) is 41.3 Å². The molecule has 2 heterocycles. The molecule has 1 N–H and O–H groups in total. The maximum atomic E-state index is 12.4. The first kappa shape index (κ1) is 19.2. The van der Waals surface area contributed by atoms with E-state index in [-0.39, 0.29) is 5.91 Å². The predicted molar refractivity (Wildman–Crippen MR) is 114 cm³/mol. The van der Waals surface area contributed by atoms with Crippen LogP contribution in [-0.2, 0) is 24.2 Å². The number of nitrogens with one attached hydrogen (secondary N) is 1. The number of aryl methyl sites for hydroxylation is 2. The minimum atomic E-state index is -0.148. The molecule has 1 aliphatic rings. The zero-order chi connectivity index (χ0) is 20.2. The van der Waals surface area contributed by atoms with Gasteiger partial charge in [-0.15, -0.1) is 0 Å². The maximum Gasteiger partial charge on any atom is 0.244 e. The minimum absolute atomic E-state index is 0.148. The van der Waals surface area contributed by atoms with Crippen LogP contribution in [0.25, 0.3) is 16.5 Å². The Bertz CT molecular complexity index is 1050. The third kappa shape index (κ3) is 4.19. The number of benzene rings is 1. The summed E-state index contributed by atoms with van der Waals surface area (Å²) in [7, 11) is 0. The van der Waals surface area contributed by atoms with Crippen molar-refractivity contribution in [3.8, 4) is 5.75 Å². The summed E-state index contributed by atoms with van der Waals surface area (Å²) in [5, 5.41) is 4.03. The monoisotopic (exact) mass is 390 g/mol. The Labute approximate surface area is 170 Å². The molecule has 1 amide bonds. The summed E-state index contributed by atoms with van der Waals surface area (Å²) in [4.78, 5) is 16.7. The maximum absolute atomic E-state index is 12.4. The van der Waals surface area contributed by atoms with Gasteiger partial charge in [-0.05, 0) is 56.9 Å². The van der Waals surface area contributed by atoms with Gasteiger partial charge in [0.25, 0.3) is 0 Å². The summed E-state index contributed by atoms with van der Waals surface area (Å²) in [6, 6.07) is 9.74. The van der Waals surface area contributed by atoms with Crippen LogP contribution in [0.15, 0.2) is 47.0 Å². The van der Waals surface area contributed by atoms with Gasteiger partial charge in [0.2, 0.25) is 5.91 Å². The van der Waals surface area contributed by atoms with Crippen LogP contribution < -0.4 is 10.1 Å². The van der Waals surface area contributed by atoms with E-state index in [2.05, 4.69) is 16.4 Å². The molecule has 5 nitrogen and oxygen atoms in total. The first-order valence-corrected chi connectivity index (χ1v) is 10.2. The van der Waals surface area contributed by atoms with Gasteiger partial charge in [0.05, 0.1) is 18.8 Å². The van der Waals surface area contributed by atoms with Crippen LogP contribution >= 0.6 is 0 Å². The highest BCUT2D eigenvalue weighted by atomic mass is 16.5. The molecule has 0 spiro atoms. The van der Waals surface area contributed by atoms with E-state index in [1.807, 2.05) is 38.1 Å². The number of carbonyl (C=O) groups excluding carboxylic acids is 1. The largest absolute Gasteiger partial charge is 0.493 e. The number of rotatable bonds is 6. The van der Waals surface area contributed by atoms with Crippen LogP contribution in [0.2, 0.25) is 0 Å². The molecular formula is C24H26N2O3. The zero-order valence-corrected chi connectivity index (χ0v) is 17.0. The number of fused-ring (bicyclic) bond motifs is 3. The Balaban J connectivity index is 1.62. The highest BCUT2D eigenvalue weighted by Crippen LogP contribution is 2.38. The normalized spacial score (nSPS) is 13.9. The van der Waals surface area contributed by atoms with E-state index in [0.29, 0.717) is 13.2 Å². The topological polar surface area (TPSA) is 64.4 Å². The van der Waals surface area contributed by atoms with Gasteiger partial charge in [-0.3, -0.25) is 9.78 Å². The van der Waals surface area contributed by atoms with E-state index in [0.717, 1.165) is 52.2 Å². The number of aromatic nitrogens is 1. The average molecular weight is 390 g/mol. The summed E-state index contributed by atoms with van der Waals surface area (Å²) in [5.74, 6) is 1.70. The Kier molecular flexibility index (Phi) is 5.65. The van der Waals surface area contributed by atoms with Crippen molar-refractivity contribution in [3.63, 3.8) is 0 Å². The van der Waals surface area contributed by atoms with E-state index in [9.17, 15) is 4.79 Å². The fourth-order valence-corrected chi connectivity index (χ4v) is 3.88. The van der Waals surface area contributed by atoms with Crippen LogP contribution in [0.4, 0.5) is 0 Å². The quantitative estimate of drug-likeness (QED) is 0.613. The van der Waals surface area contributed by atoms with Crippen LogP contribution in [0.1, 0.15) is 49.3 Å². The van der Waals surface area contributed by atoms with Crippen LogP contribution in [-0.4, -0.2) is 17.5 Å². The fraction of sp³-hybridized carbons (Fsp3) is 0.333. The number of hydrogen-bond donors (Lipinski definition) is 1. The minimum Gasteiger partial charge on any atom is -0.493 e. The van der Waals surface area contributed by atoms with Gasteiger partial charge in [-0.2, -0.15) is 0 Å². The molecule has 0 fully saturated rings. The summed E-state index contributed by atoms with van der Waals surface area (Å²) in [6.07, 6.45) is 7.75. The molecule has 5 heteroatoms. The number of furan rings is 1. The molecule has 0 saturated heterocycles. The number of carbonyl (C=O) groups is 1. The second kappa shape index (κ2) is 8.52. The van der Waals surface area contributed by atoms with E-state index < -0.39 is 0 Å². The number of hydrogen-bond acceptors (Lipinski definition) is 4. The number of allylic oxidation sites excluding steroid dienone is 1. The van der Waals surface area contributed by atoms with Crippen LogP contribution in [0, 0.1) is 0 Å². The summed E-state index contributed by atoms with van der Waals surface area (Å²) < 4.78 is 12.0. The van der Waals surface area contributed by atoms with E-state index >= 15 is 0 Å². The van der Waals surface area contributed by atoms with Crippen molar-refractivity contribution < 1.29 is 13.9 Å². The molecule has 0 aliphatic heterocycles. The standard InChI is InChI=1S/C24H26N2O3/c1-3-28-22-14-23-20(18-9-4-5-10-21(18)29-23)13-19(22)16(2)12-24(27)26-15-17-8-6-7-11-25-17/h6-8,11-14H,3-5,9-10,15H2,1-2H3,(H,26,27)/b16-12+. The second-order valence-electron chi connectivity index (χ2n) is 7.35. The third-order valence-electron chi connectivity index (χ3n) is 5.30. The lowest BCUT2D eigenvalue weighted by atomic mass is 9.94. The molecule has 150 valence electrons. The van der Waals surface area contributed by atoms with Crippen molar-refractivity contribution in [2.24, 2.45) is 0 Å². The Morgan fingerprint density at radius 2 is 2.14 bits per heavy atom. The summed E-state index contributed by atoms with van der Waals surface area (Å²) >= 11 is 0. The SMILES string of the molecule is CCOc1cc2oc3c(c2cc1/C(C)=C/C(=O)NCc1ccccn1)CCCC3. The lowest BCUT2D eigenvalue weighted by Gasteiger charge is -2.12. The lowest BCUT2D eigenvalue weighted by Crippen LogP contribution is -2.21. The number of ether oxygens (including phenoxy) is 1. The summed E-state index contributed by atoms with van der Waals surface area (Å²) in [6.45, 7) is 4.85. The molecule has 29 heavy (non-hydrogen) atoms. The van der Waals surface area contributed by atoms with Crippen molar-refractivity contribution in [2.45, 2.75) is 46.1 Å². The Morgan fingerprint density at radius 1 is 1.28 bits per heavy atom. The molecule has 1 aromatic carbocycles. The molecule has 3 aromatic rings. The highest BCUT2D eigenvalue weighted by Gasteiger charge is 2.20. The molecule has 4 rings (SSSR count). The van der Waals surface area contributed by atoms with Crippen molar-refractivity contribution in [1.82, 2.24) is 10.3 Å². The molecule has 2 aromatic heterocycles. The molecule has 0 unspecified atom stereocenters. The number of pyridine rings is 1. The molecule has 0 atom stereocenters. The van der Waals surface area contributed by atoms with Crippen LogP contribution in [0.5, 0.6) is 5.75 Å². The molecule has 0 saturated carbocycles. The average Bonchev–Trinajstić information content (AvgIpc) is 3.10. The van der Waals surface area contributed by atoms with Crippen molar-refractivity contribution in [3.05, 3.63) is 65.2 Å². The second-order valence-corrected chi connectivity index (χ2v) is 7.35. The molecular weight excluding hydrogens is 364 g/mol. The van der Waals surface area contributed by atoms with Gasteiger partial charge in [0.1, 0.15) is 17.1 Å². The van der Waals surface area contributed by atoms with Crippen LogP contribution in [0.3, 0.4) is 0 Å². The predicted octanol–water partition coefficient (Wildman–Crippen LogP) is 4.83. The summed E-state index contributed by atoms with van der Waals surface area (Å²) in [5.41, 5.74) is 4.80. The zero-order valence-electron chi connectivity index (χ0n) is 17.0. The highest BCUT2D eigenvalue weighted by molar-refractivity contribution is 5.97. The number of amides is 1. The molecule has 0 bridgehead atoms. The van der Waals surface area contributed by atoms with Gasteiger partial charge in [-0.25, -0.2) is 0 Å². The smallest absolute Gasteiger partial charge is 0.244 e. The number of nitrogens with zero attached hydrogens (tertiary/aromatic N) is 1. The van der Waals surface area contributed by atoms with E-state index in [1.54, 1.807) is 12.3 Å². The van der Waals surface area contributed by atoms with E-state index in [1.165, 1.54) is 18.4 Å². The van der Waals surface area contributed by atoms with Crippen molar-refractivity contribution >= 4 is 22.4 Å². The van der Waals surface area contributed by atoms with E-state index in [4.69, 9.17) is 9.15 Å². The third-order valence-corrected chi connectivity index (χ3v) is 5.30. The van der Waals surface area contributed by atoms with Crippen molar-refractivity contribution in [2.75, 3.05) is 6.61 Å². The van der Waals surface area contributed by atoms with Gasteiger partial charge >= 0.3 is 0 Å². The Morgan fingerprint density at radius 3 is 2.93 bits per heavy atom. The van der Waals surface area contributed by atoms with Crippen molar-refractivity contribution in [1.29, 1.82) is 0 Å². The first-order valence-electron chi connectivity index (χ1n) is 10.2. The first-order chi connectivity index (χ1) is 14.2. The van der Waals surface area contributed by atoms with Gasteiger partial charge in [-0.1, -0.05) is 6.07 Å². The lowest BCUT2D eigenvalue weighted by molar-refractivity contribution is -0.116. The van der Waals surface area contributed by atoms with Gasteiger partial charge in [0.15, 0.2) is 0 Å². The fourth-order valence-electron chi connectivity index (χ4n) is 3.88. The molecule has 0 radical (unpaired) electrons. The Hall–Kier alpha value is -3.08.